The van der Waals surface area contributed by atoms with Crippen molar-refractivity contribution in [1.29, 1.82) is 5.26 Å². The van der Waals surface area contributed by atoms with Crippen LogP contribution in [-0.2, 0) is 0 Å². The molecule has 0 aliphatic carbocycles. The van der Waals surface area contributed by atoms with Crippen molar-refractivity contribution in [3.05, 3.63) is 63.7 Å². The molecule has 0 fully saturated rings. The van der Waals surface area contributed by atoms with E-state index in [9.17, 15) is 24.2 Å². The fourth-order valence-corrected chi connectivity index (χ4v) is 2.12. The van der Waals surface area contributed by atoms with Crippen LogP contribution < -0.4 is 9.47 Å². The lowest BCUT2D eigenvalue weighted by Crippen LogP contribution is -2.05. The summed E-state index contributed by atoms with van der Waals surface area (Å²) < 4.78 is 34.8. The summed E-state index contributed by atoms with van der Waals surface area (Å²) in [6.07, 6.45) is 1.35. The zero-order chi connectivity index (χ0) is 18.4. The highest BCUT2D eigenvalue weighted by atomic mass is 19.3. The maximum atomic E-state index is 12.7. The van der Waals surface area contributed by atoms with Gasteiger partial charge < -0.3 is 9.47 Å². The molecule has 0 aliphatic rings. The van der Waals surface area contributed by atoms with Gasteiger partial charge in [-0.05, 0) is 29.8 Å². The van der Waals surface area contributed by atoms with Crippen molar-refractivity contribution in [2.45, 2.75) is 6.61 Å². The average molecular weight is 346 g/mol. The average Bonchev–Trinajstić information content (AvgIpc) is 2.60. The predicted molar refractivity (Wildman–Crippen MR) is 86.2 cm³/mol. The van der Waals surface area contributed by atoms with E-state index >= 15 is 0 Å². The molecule has 0 aromatic heterocycles. The molecule has 0 heterocycles. The van der Waals surface area contributed by atoms with E-state index in [0.717, 1.165) is 0 Å². The van der Waals surface area contributed by atoms with Crippen molar-refractivity contribution in [3.8, 4) is 17.6 Å². The number of halogens is 2. The van der Waals surface area contributed by atoms with Gasteiger partial charge in [-0.2, -0.15) is 14.0 Å². The minimum Gasteiger partial charge on any atom is -0.493 e. The minimum absolute atomic E-state index is 0.0926. The van der Waals surface area contributed by atoms with Crippen LogP contribution in [0.25, 0.3) is 11.6 Å². The Morgan fingerprint density at radius 2 is 1.96 bits per heavy atom. The molecule has 2 aromatic carbocycles. The molecule has 0 bridgehead atoms. The van der Waals surface area contributed by atoms with Crippen LogP contribution in [0.5, 0.6) is 11.5 Å². The van der Waals surface area contributed by atoms with Gasteiger partial charge in [-0.3, -0.25) is 10.1 Å². The van der Waals surface area contributed by atoms with Gasteiger partial charge >= 0.3 is 6.61 Å². The molecule has 0 unspecified atom stereocenters. The first-order valence-corrected chi connectivity index (χ1v) is 6.94. The number of alkyl halides is 2. The van der Waals surface area contributed by atoms with E-state index in [0.29, 0.717) is 5.56 Å². The zero-order valence-electron chi connectivity index (χ0n) is 13.0. The number of para-hydroxylation sites is 1. The first-order valence-electron chi connectivity index (χ1n) is 6.94. The van der Waals surface area contributed by atoms with Gasteiger partial charge in [-0.1, -0.05) is 12.1 Å². The standard InChI is InChI=1S/C17H12F2N2O4/c1-24-15-4-2-3-12(16(15)25-17(18)19)9-13(10-20)11-5-7-14(8-6-11)21(22)23/h2-9,17H,1H3/b13-9+. The van der Waals surface area contributed by atoms with Gasteiger partial charge in [-0.15, -0.1) is 0 Å². The predicted octanol–water partition coefficient (Wildman–Crippen LogP) is 4.27. The van der Waals surface area contributed by atoms with Crippen molar-refractivity contribution in [2.75, 3.05) is 7.11 Å². The highest BCUT2D eigenvalue weighted by Crippen LogP contribution is 2.35. The maximum absolute atomic E-state index is 12.7. The highest BCUT2D eigenvalue weighted by molar-refractivity contribution is 5.91. The number of rotatable bonds is 6. The lowest BCUT2D eigenvalue weighted by molar-refractivity contribution is -0.384. The molecule has 0 aliphatic heterocycles. The van der Waals surface area contributed by atoms with E-state index in [4.69, 9.17) is 4.74 Å². The quantitative estimate of drug-likeness (QED) is 0.337. The van der Waals surface area contributed by atoms with Gasteiger partial charge in [0.15, 0.2) is 11.5 Å². The monoisotopic (exact) mass is 346 g/mol. The Bertz CT molecular complexity index is 843. The van der Waals surface area contributed by atoms with Crippen LogP contribution in [0, 0.1) is 21.4 Å². The van der Waals surface area contributed by atoms with Gasteiger partial charge in [-0.25, -0.2) is 0 Å². The Kier molecular flexibility index (Phi) is 5.63. The lowest BCUT2D eigenvalue weighted by atomic mass is 10.0. The van der Waals surface area contributed by atoms with Crippen LogP contribution in [0.3, 0.4) is 0 Å². The van der Waals surface area contributed by atoms with E-state index in [1.165, 1.54) is 49.6 Å². The molecule has 2 rings (SSSR count). The fraction of sp³-hybridized carbons (Fsp3) is 0.118. The first-order chi connectivity index (χ1) is 12.0. The molecule has 0 atom stereocenters. The minimum atomic E-state index is -3.06. The molecule has 0 radical (unpaired) electrons. The topological polar surface area (TPSA) is 85.4 Å². The summed E-state index contributed by atoms with van der Waals surface area (Å²) in [6, 6.07) is 11.8. The SMILES string of the molecule is COc1cccc(/C=C(\C#N)c2ccc([N+](=O)[O-])cc2)c1OC(F)F. The lowest BCUT2D eigenvalue weighted by Gasteiger charge is -2.12. The zero-order valence-corrected chi connectivity index (χ0v) is 13.0. The smallest absolute Gasteiger partial charge is 0.387 e. The van der Waals surface area contributed by atoms with Crippen LogP contribution >= 0.6 is 0 Å². The number of ether oxygens (including phenoxy) is 2. The number of allylic oxidation sites excluding steroid dienone is 1. The van der Waals surface area contributed by atoms with Gasteiger partial charge in [0.1, 0.15) is 0 Å². The van der Waals surface area contributed by atoms with Crippen molar-refractivity contribution in [3.63, 3.8) is 0 Å². The summed E-state index contributed by atoms with van der Waals surface area (Å²) in [5.41, 5.74) is 0.625. The Hall–Kier alpha value is -3.47. The summed E-state index contributed by atoms with van der Waals surface area (Å²) in [5.74, 6) is -0.107. The van der Waals surface area contributed by atoms with Crippen molar-refractivity contribution in [1.82, 2.24) is 0 Å². The molecular weight excluding hydrogens is 334 g/mol. The molecular formula is C17H12F2N2O4. The molecule has 0 saturated heterocycles. The first kappa shape index (κ1) is 17.9. The van der Waals surface area contributed by atoms with Gasteiger partial charge in [0, 0.05) is 17.7 Å². The van der Waals surface area contributed by atoms with E-state index in [1.54, 1.807) is 6.07 Å². The van der Waals surface area contributed by atoms with Gasteiger partial charge in [0.25, 0.3) is 5.69 Å². The maximum Gasteiger partial charge on any atom is 0.387 e. The number of benzene rings is 2. The third kappa shape index (κ3) is 4.29. The van der Waals surface area contributed by atoms with Gasteiger partial charge in [0.2, 0.25) is 0 Å². The van der Waals surface area contributed by atoms with E-state index in [1.807, 2.05) is 6.07 Å². The largest absolute Gasteiger partial charge is 0.493 e. The molecule has 0 N–H and O–H groups in total. The number of nitro groups is 1. The summed E-state index contributed by atoms with van der Waals surface area (Å²) in [7, 11) is 1.31. The van der Waals surface area contributed by atoms with Crippen LogP contribution in [-0.4, -0.2) is 18.6 Å². The number of hydrogen-bond donors (Lipinski definition) is 0. The molecule has 0 saturated carbocycles. The second-order valence-electron chi connectivity index (χ2n) is 4.73. The molecule has 6 nitrogen and oxygen atoms in total. The summed E-state index contributed by atoms with van der Waals surface area (Å²) in [5, 5.41) is 20.0. The highest BCUT2D eigenvalue weighted by Gasteiger charge is 2.15. The Labute approximate surface area is 141 Å². The van der Waals surface area contributed by atoms with Crippen LogP contribution in [0.1, 0.15) is 11.1 Å². The van der Waals surface area contributed by atoms with Crippen LogP contribution in [0.4, 0.5) is 14.5 Å². The van der Waals surface area contributed by atoms with Crippen LogP contribution in [0.2, 0.25) is 0 Å². The molecule has 128 valence electrons. The molecule has 25 heavy (non-hydrogen) atoms. The van der Waals surface area contributed by atoms with Crippen LogP contribution in [0.15, 0.2) is 42.5 Å². The second kappa shape index (κ2) is 7.88. The number of non-ortho nitro benzene ring substituents is 1. The van der Waals surface area contributed by atoms with Crippen molar-refractivity contribution >= 4 is 17.3 Å². The number of nitriles is 1. The Morgan fingerprint density at radius 3 is 2.48 bits per heavy atom. The molecule has 2 aromatic rings. The summed E-state index contributed by atoms with van der Waals surface area (Å²) in [4.78, 5) is 10.1. The van der Waals surface area contributed by atoms with E-state index in [-0.39, 0.29) is 28.3 Å². The fourth-order valence-electron chi connectivity index (χ4n) is 2.12. The number of methoxy groups -OCH3 is 1. The Balaban J connectivity index is 2.49. The molecule has 0 spiro atoms. The Morgan fingerprint density at radius 1 is 1.28 bits per heavy atom. The van der Waals surface area contributed by atoms with Crippen molar-refractivity contribution in [2.24, 2.45) is 0 Å². The van der Waals surface area contributed by atoms with E-state index < -0.39 is 11.5 Å². The summed E-state index contributed by atoms with van der Waals surface area (Å²) >= 11 is 0. The third-order valence-corrected chi connectivity index (χ3v) is 3.25. The van der Waals surface area contributed by atoms with E-state index in [2.05, 4.69) is 4.74 Å². The summed E-state index contributed by atoms with van der Waals surface area (Å²) in [6.45, 7) is -3.06. The third-order valence-electron chi connectivity index (χ3n) is 3.25. The number of hydrogen-bond acceptors (Lipinski definition) is 5. The number of nitro benzene ring substituents is 1. The molecule has 0 amide bonds. The number of nitrogens with zero attached hydrogens (tertiary/aromatic N) is 2. The van der Waals surface area contributed by atoms with Gasteiger partial charge in [0.05, 0.1) is 23.7 Å². The molecule has 8 heteroatoms. The normalized spacial score (nSPS) is 11.1. The second-order valence-corrected chi connectivity index (χ2v) is 4.73. The van der Waals surface area contributed by atoms with Crippen molar-refractivity contribution < 1.29 is 23.2 Å².